The topological polar surface area (TPSA) is 131 Å². The molecule has 1 fully saturated rings. The molecule has 3 amide bonds. The average molecular weight is 572 g/mol. The van der Waals surface area contributed by atoms with Crippen LogP contribution >= 0.6 is 11.6 Å². The minimum Gasteiger partial charge on any atom is -0.497 e. The van der Waals surface area contributed by atoms with Crippen molar-refractivity contribution in [2.45, 2.75) is 37.9 Å². The van der Waals surface area contributed by atoms with Gasteiger partial charge in [0, 0.05) is 43.3 Å². The zero-order chi connectivity index (χ0) is 28.5. The molecule has 12 heteroatoms. The number of halogens is 1. The van der Waals surface area contributed by atoms with E-state index in [1.54, 1.807) is 53.5 Å². The number of fused-ring (bicyclic) bond motifs is 1. The number of hydrogen-bond donors (Lipinski definition) is 2. The first kappa shape index (κ1) is 26.5. The minimum absolute atomic E-state index is 0.0680. The van der Waals surface area contributed by atoms with Gasteiger partial charge in [-0.25, -0.2) is 4.98 Å². The van der Waals surface area contributed by atoms with Gasteiger partial charge in [0.1, 0.15) is 17.6 Å². The lowest BCUT2D eigenvalue weighted by Gasteiger charge is -2.28. The van der Waals surface area contributed by atoms with Gasteiger partial charge in [0.2, 0.25) is 5.91 Å². The summed E-state index contributed by atoms with van der Waals surface area (Å²) >= 11 is 6.54. The second kappa shape index (κ2) is 11.0. The van der Waals surface area contributed by atoms with Crippen LogP contribution < -0.4 is 15.4 Å². The Labute approximate surface area is 240 Å². The standard InChI is InChI=1S/C29H26ClN7O4/c1-41-20-9-11-32-25(14-20)34-27(38)21-8-5-17(12-22(21)30)15-36-24(13-18-4-2-3-10-31-18)28(39)33-23-16-37(19-6-7-19)35-26(23)29(36)40/h2-5,8-12,14,16,19,24H,6-7,13,15H2,1H3,(H,33,39)(H,32,34,38). The van der Waals surface area contributed by atoms with Crippen LogP contribution in [-0.4, -0.2) is 55.5 Å². The first-order valence-corrected chi connectivity index (χ1v) is 13.5. The van der Waals surface area contributed by atoms with Crippen molar-refractivity contribution in [2.75, 3.05) is 17.7 Å². The molecule has 0 radical (unpaired) electrons. The molecule has 1 aromatic carbocycles. The third-order valence-corrected chi connectivity index (χ3v) is 7.33. The van der Waals surface area contributed by atoms with Gasteiger partial charge in [0.15, 0.2) is 5.69 Å². The number of nitrogens with one attached hydrogen (secondary N) is 2. The number of methoxy groups -OCH3 is 1. The molecule has 0 bridgehead atoms. The van der Waals surface area contributed by atoms with E-state index in [1.165, 1.54) is 18.2 Å². The lowest BCUT2D eigenvalue weighted by atomic mass is 10.1. The second-order valence-electron chi connectivity index (χ2n) is 9.92. The number of rotatable bonds is 8. The van der Waals surface area contributed by atoms with E-state index in [4.69, 9.17) is 16.3 Å². The van der Waals surface area contributed by atoms with Crippen molar-refractivity contribution in [1.82, 2.24) is 24.6 Å². The lowest BCUT2D eigenvalue weighted by molar-refractivity contribution is -0.120. The Bertz CT molecular complexity index is 1640. The minimum atomic E-state index is -0.845. The van der Waals surface area contributed by atoms with Crippen LogP contribution in [0.2, 0.25) is 5.02 Å². The van der Waals surface area contributed by atoms with Crippen molar-refractivity contribution in [3.05, 3.63) is 94.7 Å². The molecule has 41 heavy (non-hydrogen) atoms. The molecule has 11 nitrogen and oxygen atoms in total. The fourth-order valence-electron chi connectivity index (χ4n) is 4.73. The van der Waals surface area contributed by atoms with Crippen molar-refractivity contribution < 1.29 is 19.1 Å². The Morgan fingerprint density at radius 1 is 1.12 bits per heavy atom. The van der Waals surface area contributed by atoms with Gasteiger partial charge >= 0.3 is 0 Å². The van der Waals surface area contributed by atoms with E-state index in [0.717, 1.165) is 12.8 Å². The maximum Gasteiger partial charge on any atom is 0.277 e. The fraction of sp³-hybridized carbons (Fsp3) is 0.241. The molecule has 0 saturated heterocycles. The van der Waals surface area contributed by atoms with Crippen molar-refractivity contribution in [1.29, 1.82) is 0 Å². The van der Waals surface area contributed by atoms with Crippen molar-refractivity contribution in [3.8, 4) is 5.75 Å². The molecule has 1 aliphatic carbocycles. The second-order valence-corrected chi connectivity index (χ2v) is 10.3. The highest BCUT2D eigenvalue weighted by molar-refractivity contribution is 6.34. The van der Waals surface area contributed by atoms with Gasteiger partial charge in [-0.1, -0.05) is 23.7 Å². The van der Waals surface area contributed by atoms with Gasteiger partial charge in [-0.15, -0.1) is 0 Å². The third-order valence-electron chi connectivity index (χ3n) is 7.02. The smallest absolute Gasteiger partial charge is 0.277 e. The monoisotopic (exact) mass is 571 g/mol. The van der Waals surface area contributed by atoms with Gasteiger partial charge in [-0.2, -0.15) is 5.10 Å². The molecular weight excluding hydrogens is 546 g/mol. The van der Waals surface area contributed by atoms with Gasteiger partial charge in [-0.05, 0) is 48.7 Å². The molecular formula is C29H26ClN7O4. The maximum absolute atomic E-state index is 13.9. The van der Waals surface area contributed by atoms with Crippen molar-refractivity contribution in [3.63, 3.8) is 0 Å². The van der Waals surface area contributed by atoms with Crippen LogP contribution in [0, 0.1) is 0 Å². The third kappa shape index (κ3) is 5.62. The van der Waals surface area contributed by atoms with Gasteiger partial charge in [0.05, 0.1) is 29.4 Å². The summed E-state index contributed by atoms with van der Waals surface area (Å²) < 4.78 is 6.93. The summed E-state index contributed by atoms with van der Waals surface area (Å²) in [6.45, 7) is 0.0680. The predicted molar refractivity (Wildman–Crippen MR) is 151 cm³/mol. The summed E-state index contributed by atoms with van der Waals surface area (Å²) in [6.07, 6.45) is 7.09. The molecule has 1 saturated carbocycles. The molecule has 1 aliphatic heterocycles. The van der Waals surface area contributed by atoms with Gasteiger partial charge in [-0.3, -0.25) is 24.0 Å². The molecule has 4 heterocycles. The number of nitrogens with zero attached hydrogens (tertiary/aromatic N) is 5. The molecule has 3 aromatic heterocycles. The summed E-state index contributed by atoms with van der Waals surface area (Å²) in [4.78, 5) is 50.3. The largest absolute Gasteiger partial charge is 0.497 e. The molecule has 2 N–H and O–H groups in total. The Morgan fingerprint density at radius 2 is 1.98 bits per heavy atom. The number of hydrogen-bond acceptors (Lipinski definition) is 7. The van der Waals surface area contributed by atoms with Crippen molar-refractivity contribution >= 4 is 40.8 Å². The van der Waals surface area contributed by atoms with Crippen LogP contribution in [0.25, 0.3) is 0 Å². The van der Waals surface area contributed by atoms with Crippen LogP contribution in [0.4, 0.5) is 11.5 Å². The van der Waals surface area contributed by atoms with Crippen LogP contribution in [0.3, 0.4) is 0 Å². The van der Waals surface area contributed by atoms with E-state index < -0.39 is 11.9 Å². The molecule has 6 rings (SSSR count). The Hall–Kier alpha value is -4.77. The first-order valence-electron chi connectivity index (χ1n) is 13.1. The molecule has 1 atom stereocenters. The number of amides is 3. The number of carbonyl (C=O) groups excluding carboxylic acids is 3. The Balaban J connectivity index is 1.28. The first-order chi connectivity index (χ1) is 19.9. The quantitative estimate of drug-likeness (QED) is 0.325. The van der Waals surface area contributed by atoms with Crippen LogP contribution in [0.15, 0.2) is 67.1 Å². The number of carbonyl (C=O) groups is 3. The molecule has 2 aliphatic rings. The maximum atomic E-state index is 13.9. The summed E-state index contributed by atoms with van der Waals surface area (Å²) in [5.74, 6) is -0.287. The summed E-state index contributed by atoms with van der Waals surface area (Å²) in [7, 11) is 1.52. The number of ether oxygens (including phenoxy) is 1. The van der Waals surface area contributed by atoms with Gasteiger partial charge in [0.25, 0.3) is 11.8 Å². The van der Waals surface area contributed by atoms with E-state index in [0.29, 0.717) is 28.5 Å². The fourth-order valence-corrected chi connectivity index (χ4v) is 5.02. The van der Waals surface area contributed by atoms with Crippen LogP contribution in [-0.2, 0) is 17.8 Å². The van der Waals surface area contributed by atoms with E-state index >= 15 is 0 Å². The number of benzene rings is 1. The molecule has 4 aromatic rings. The zero-order valence-electron chi connectivity index (χ0n) is 22.1. The number of aromatic nitrogens is 4. The summed E-state index contributed by atoms with van der Waals surface area (Å²) in [6, 6.07) is 13.0. The zero-order valence-corrected chi connectivity index (χ0v) is 22.8. The predicted octanol–water partition coefficient (Wildman–Crippen LogP) is 4.13. The van der Waals surface area contributed by atoms with E-state index in [1.807, 2.05) is 12.1 Å². The average Bonchev–Trinajstić information content (AvgIpc) is 3.75. The summed E-state index contributed by atoms with van der Waals surface area (Å²) in [5, 5.41) is 10.3. The lowest BCUT2D eigenvalue weighted by Crippen LogP contribution is -2.46. The normalized spacial score (nSPS) is 16.5. The number of pyridine rings is 2. The number of anilines is 2. The molecule has 1 unspecified atom stereocenters. The Kier molecular flexibility index (Phi) is 7.10. The van der Waals surface area contributed by atoms with Crippen LogP contribution in [0.1, 0.15) is 51.0 Å². The highest BCUT2D eigenvalue weighted by Crippen LogP contribution is 2.36. The van der Waals surface area contributed by atoms with E-state index in [9.17, 15) is 14.4 Å². The van der Waals surface area contributed by atoms with Crippen molar-refractivity contribution in [2.24, 2.45) is 0 Å². The SMILES string of the molecule is COc1ccnc(NC(=O)c2ccc(CN3C(=O)c4nn(C5CC5)cc4NC(=O)C3Cc3ccccn3)cc2Cl)c1. The van der Waals surface area contributed by atoms with E-state index in [-0.39, 0.29) is 47.1 Å². The molecule has 0 spiro atoms. The highest BCUT2D eigenvalue weighted by atomic mass is 35.5. The van der Waals surface area contributed by atoms with Gasteiger partial charge < -0.3 is 20.3 Å². The Morgan fingerprint density at radius 3 is 2.71 bits per heavy atom. The molecule has 208 valence electrons. The summed E-state index contributed by atoms with van der Waals surface area (Å²) in [5.41, 5.74) is 2.14. The highest BCUT2D eigenvalue weighted by Gasteiger charge is 2.39. The van der Waals surface area contributed by atoms with E-state index in [2.05, 4.69) is 25.7 Å². The van der Waals surface area contributed by atoms with Crippen LogP contribution in [0.5, 0.6) is 5.75 Å².